The van der Waals surface area contributed by atoms with Gasteiger partial charge in [-0.1, -0.05) is 19.3 Å². The molecule has 3 atom stereocenters. The number of nitrogens with zero attached hydrogens (tertiary/aromatic N) is 3. The van der Waals surface area contributed by atoms with Gasteiger partial charge in [0.2, 0.25) is 0 Å². The van der Waals surface area contributed by atoms with Crippen LogP contribution in [0.2, 0.25) is 0 Å². The number of H-pyrrole nitrogens is 1. The first-order valence-corrected chi connectivity index (χ1v) is 10.2. The second-order valence-electron chi connectivity index (χ2n) is 7.67. The highest BCUT2D eigenvalue weighted by Gasteiger charge is 2.34. The Bertz CT molecular complexity index is 662. The molecule has 0 radical (unpaired) electrons. The van der Waals surface area contributed by atoms with Crippen LogP contribution in [0.3, 0.4) is 0 Å². The molecule has 1 aliphatic carbocycles. The molecule has 1 saturated heterocycles. The number of ether oxygens (including phenoxy) is 1. The summed E-state index contributed by atoms with van der Waals surface area (Å²) < 4.78 is 8.28. The fourth-order valence-corrected chi connectivity index (χ4v) is 4.65. The van der Waals surface area contributed by atoms with Crippen LogP contribution in [0.5, 0.6) is 0 Å². The largest absolute Gasteiger partial charge is 0.370 e. The predicted molar refractivity (Wildman–Crippen MR) is 101 cm³/mol. The van der Waals surface area contributed by atoms with Crippen molar-refractivity contribution in [3.63, 3.8) is 0 Å². The van der Waals surface area contributed by atoms with Crippen molar-refractivity contribution < 1.29 is 4.74 Å². The van der Waals surface area contributed by atoms with E-state index in [2.05, 4.69) is 38.0 Å². The molecule has 2 aromatic heterocycles. The third-order valence-corrected chi connectivity index (χ3v) is 6.09. The molecule has 4 rings (SSSR count). The van der Waals surface area contributed by atoms with Gasteiger partial charge in [0.25, 0.3) is 0 Å². The molecule has 6 nitrogen and oxygen atoms in total. The van der Waals surface area contributed by atoms with E-state index in [1.807, 2.05) is 18.6 Å². The van der Waals surface area contributed by atoms with Crippen LogP contribution in [0.1, 0.15) is 69.2 Å². The van der Waals surface area contributed by atoms with Crippen molar-refractivity contribution in [2.75, 3.05) is 13.2 Å². The summed E-state index contributed by atoms with van der Waals surface area (Å²) in [6, 6.07) is 0.317. The first kappa shape index (κ1) is 17.7. The molecule has 6 heteroatoms. The molecule has 0 spiro atoms. The molecule has 0 amide bonds. The van der Waals surface area contributed by atoms with Crippen LogP contribution in [0.25, 0.3) is 0 Å². The summed E-state index contributed by atoms with van der Waals surface area (Å²) in [6.07, 6.45) is 15.6. The summed E-state index contributed by atoms with van der Waals surface area (Å²) in [6.45, 7) is 4.86. The minimum Gasteiger partial charge on any atom is -0.370 e. The van der Waals surface area contributed by atoms with Crippen LogP contribution in [-0.2, 0) is 11.3 Å². The van der Waals surface area contributed by atoms with E-state index in [1.165, 1.54) is 32.1 Å². The molecule has 2 fully saturated rings. The third kappa shape index (κ3) is 3.71. The number of hydrogen-bond donors (Lipinski definition) is 2. The van der Waals surface area contributed by atoms with Crippen molar-refractivity contribution in [1.82, 2.24) is 24.8 Å². The summed E-state index contributed by atoms with van der Waals surface area (Å²) in [5.74, 6) is 3.29. The standard InChI is InChI=1S/C20H31N5O/c1-2-25-12-11-23-20(25)18-16(8-13-26-18)14-24-17(19-21-9-10-22-19)15-6-4-3-5-7-15/h9-12,15-18,24H,2-8,13-14H2,1H3,(H,21,22)/t16-,17?,18+/m0/s1. The Morgan fingerprint density at radius 3 is 2.88 bits per heavy atom. The van der Waals surface area contributed by atoms with Gasteiger partial charge in [-0.3, -0.25) is 0 Å². The molecule has 0 aromatic carbocycles. The van der Waals surface area contributed by atoms with E-state index in [4.69, 9.17) is 4.74 Å². The molecule has 1 aliphatic heterocycles. The summed E-state index contributed by atoms with van der Waals surface area (Å²) >= 11 is 0. The lowest BCUT2D eigenvalue weighted by molar-refractivity contribution is 0.0786. The molecular formula is C20H31N5O. The number of aryl methyl sites for hydroxylation is 1. The van der Waals surface area contributed by atoms with Crippen molar-refractivity contribution in [3.8, 4) is 0 Å². The monoisotopic (exact) mass is 357 g/mol. The molecule has 2 N–H and O–H groups in total. The molecule has 142 valence electrons. The fraction of sp³-hybridized carbons (Fsp3) is 0.700. The minimum absolute atomic E-state index is 0.0982. The van der Waals surface area contributed by atoms with E-state index in [9.17, 15) is 0 Å². The zero-order valence-corrected chi connectivity index (χ0v) is 15.7. The van der Waals surface area contributed by atoms with Gasteiger partial charge in [0.05, 0.1) is 6.04 Å². The summed E-state index contributed by atoms with van der Waals surface area (Å²) in [4.78, 5) is 12.5. The van der Waals surface area contributed by atoms with Gasteiger partial charge in [-0.2, -0.15) is 0 Å². The van der Waals surface area contributed by atoms with Gasteiger partial charge in [-0.05, 0) is 32.1 Å². The molecule has 2 aliphatic rings. The molecule has 0 bridgehead atoms. The van der Waals surface area contributed by atoms with Gasteiger partial charge in [0, 0.05) is 50.4 Å². The van der Waals surface area contributed by atoms with E-state index in [0.717, 1.165) is 37.8 Å². The van der Waals surface area contributed by atoms with Crippen molar-refractivity contribution in [1.29, 1.82) is 0 Å². The maximum atomic E-state index is 6.07. The number of nitrogens with one attached hydrogen (secondary N) is 2. The zero-order chi connectivity index (χ0) is 17.8. The van der Waals surface area contributed by atoms with Crippen LogP contribution in [0.15, 0.2) is 24.8 Å². The van der Waals surface area contributed by atoms with Gasteiger partial charge >= 0.3 is 0 Å². The number of hydrogen-bond acceptors (Lipinski definition) is 4. The SMILES string of the molecule is CCn1ccnc1[C@@H]1OCC[C@H]1CNC(c1ncc[nH]1)C1CCCCC1. The Morgan fingerprint density at radius 1 is 1.23 bits per heavy atom. The van der Waals surface area contributed by atoms with E-state index in [0.29, 0.717) is 17.9 Å². The molecule has 3 heterocycles. The maximum Gasteiger partial charge on any atom is 0.138 e. The summed E-state index contributed by atoms with van der Waals surface area (Å²) in [7, 11) is 0. The summed E-state index contributed by atoms with van der Waals surface area (Å²) in [5.41, 5.74) is 0. The Balaban J connectivity index is 1.44. The highest BCUT2D eigenvalue weighted by molar-refractivity contribution is 5.03. The topological polar surface area (TPSA) is 67.8 Å². The summed E-state index contributed by atoms with van der Waals surface area (Å²) in [5, 5.41) is 3.85. The van der Waals surface area contributed by atoms with Gasteiger partial charge in [-0.25, -0.2) is 9.97 Å². The van der Waals surface area contributed by atoms with Crippen molar-refractivity contribution in [2.24, 2.45) is 11.8 Å². The smallest absolute Gasteiger partial charge is 0.138 e. The fourth-order valence-electron chi connectivity index (χ4n) is 4.65. The number of aromatic nitrogens is 4. The predicted octanol–water partition coefficient (Wildman–Crippen LogP) is 3.61. The van der Waals surface area contributed by atoms with Crippen LogP contribution >= 0.6 is 0 Å². The Hall–Kier alpha value is -1.66. The highest BCUT2D eigenvalue weighted by Crippen LogP contribution is 2.36. The normalized spacial score (nSPS) is 25.6. The van der Waals surface area contributed by atoms with Gasteiger partial charge in [0.1, 0.15) is 17.8 Å². The van der Waals surface area contributed by atoms with Gasteiger partial charge in [-0.15, -0.1) is 0 Å². The van der Waals surface area contributed by atoms with Crippen LogP contribution < -0.4 is 5.32 Å². The van der Waals surface area contributed by atoms with Crippen LogP contribution in [0, 0.1) is 11.8 Å². The average Bonchev–Trinajstić information content (AvgIpc) is 3.44. The Kier molecular flexibility index (Phi) is 5.70. The van der Waals surface area contributed by atoms with Crippen LogP contribution in [-0.4, -0.2) is 32.7 Å². The Morgan fingerprint density at radius 2 is 2.12 bits per heavy atom. The highest BCUT2D eigenvalue weighted by atomic mass is 16.5. The van der Waals surface area contributed by atoms with Gasteiger partial charge in [0.15, 0.2) is 0 Å². The maximum absolute atomic E-state index is 6.07. The van der Waals surface area contributed by atoms with E-state index < -0.39 is 0 Å². The molecule has 1 saturated carbocycles. The second kappa shape index (κ2) is 8.35. The quantitative estimate of drug-likeness (QED) is 0.794. The van der Waals surface area contributed by atoms with E-state index in [1.54, 1.807) is 0 Å². The van der Waals surface area contributed by atoms with Crippen molar-refractivity contribution in [2.45, 2.75) is 64.1 Å². The molecule has 2 aromatic rings. The lowest BCUT2D eigenvalue weighted by Crippen LogP contribution is -2.35. The Labute approximate surface area is 155 Å². The van der Waals surface area contributed by atoms with Crippen molar-refractivity contribution >= 4 is 0 Å². The van der Waals surface area contributed by atoms with Crippen molar-refractivity contribution in [3.05, 3.63) is 36.4 Å². The second-order valence-corrected chi connectivity index (χ2v) is 7.67. The van der Waals surface area contributed by atoms with E-state index >= 15 is 0 Å². The molecule has 1 unspecified atom stereocenters. The minimum atomic E-state index is 0.0982. The number of aromatic amines is 1. The number of rotatable bonds is 7. The number of imidazole rings is 2. The average molecular weight is 358 g/mol. The van der Waals surface area contributed by atoms with Gasteiger partial charge < -0.3 is 19.6 Å². The van der Waals surface area contributed by atoms with Crippen LogP contribution in [0.4, 0.5) is 0 Å². The first-order chi connectivity index (χ1) is 12.9. The lowest BCUT2D eigenvalue weighted by atomic mass is 9.83. The third-order valence-electron chi connectivity index (χ3n) is 6.09. The molecule has 26 heavy (non-hydrogen) atoms. The lowest BCUT2D eigenvalue weighted by Gasteiger charge is -2.31. The van der Waals surface area contributed by atoms with E-state index in [-0.39, 0.29) is 6.10 Å². The zero-order valence-electron chi connectivity index (χ0n) is 15.7. The first-order valence-electron chi connectivity index (χ1n) is 10.2. The molecular weight excluding hydrogens is 326 g/mol.